The van der Waals surface area contributed by atoms with Crippen LogP contribution in [0.15, 0.2) is 34.4 Å². The zero-order valence-electron chi connectivity index (χ0n) is 18.5. The van der Waals surface area contributed by atoms with Gasteiger partial charge in [-0.15, -0.1) is 21.5 Å². The second kappa shape index (κ2) is 8.05. The van der Waals surface area contributed by atoms with Crippen LogP contribution in [-0.4, -0.2) is 56.2 Å². The number of aromatic nitrogens is 4. The highest BCUT2D eigenvalue weighted by molar-refractivity contribution is 7.17. The van der Waals surface area contributed by atoms with Crippen LogP contribution in [0.3, 0.4) is 0 Å². The first kappa shape index (κ1) is 20.7. The topological polar surface area (TPSA) is 75.7 Å². The van der Waals surface area contributed by atoms with E-state index in [1.54, 1.807) is 7.05 Å². The van der Waals surface area contributed by atoms with Crippen LogP contribution in [-0.2, 0) is 18.3 Å². The minimum absolute atomic E-state index is 0.0702. The van der Waals surface area contributed by atoms with Gasteiger partial charge in [0.1, 0.15) is 10.5 Å². The molecule has 1 aliphatic rings. The summed E-state index contributed by atoms with van der Waals surface area (Å²) in [5, 5.41) is 10.4. The van der Waals surface area contributed by atoms with Gasteiger partial charge in [0.05, 0.1) is 5.52 Å². The number of carbonyl (C=O) groups is 1. The first-order valence-electron chi connectivity index (χ1n) is 10.8. The fourth-order valence-electron chi connectivity index (χ4n) is 4.55. The molecule has 1 aromatic carbocycles. The van der Waals surface area contributed by atoms with E-state index >= 15 is 0 Å². The van der Waals surface area contributed by atoms with Crippen molar-refractivity contribution < 1.29 is 4.79 Å². The molecule has 166 valence electrons. The second-order valence-electron chi connectivity index (χ2n) is 8.41. The maximum Gasteiger partial charge on any atom is 0.272 e. The highest BCUT2D eigenvalue weighted by Crippen LogP contribution is 2.23. The molecule has 3 aromatic heterocycles. The predicted octanol–water partition coefficient (Wildman–Crippen LogP) is 2.54. The number of carbonyl (C=O) groups excluding carboxylic acids is 1. The largest absolute Gasteiger partial charge is 0.368 e. The molecule has 5 rings (SSSR count). The van der Waals surface area contributed by atoms with Crippen molar-refractivity contribution in [3.05, 3.63) is 57.0 Å². The summed E-state index contributed by atoms with van der Waals surface area (Å²) >= 11 is 1.41. The third kappa shape index (κ3) is 3.46. The molecule has 0 radical (unpaired) electrons. The lowest BCUT2D eigenvalue weighted by Crippen LogP contribution is -2.49. The van der Waals surface area contributed by atoms with Gasteiger partial charge >= 0.3 is 0 Å². The Balaban J connectivity index is 1.27. The molecule has 0 spiro atoms. The van der Waals surface area contributed by atoms with Gasteiger partial charge < -0.3 is 9.80 Å². The van der Waals surface area contributed by atoms with Crippen LogP contribution in [0.4, 0.5) is 5.69 Å². The van der Waals surface area contributed by atoms with E-state index in [2.05, 4.69) is 47.1 Å². The third-order valence-corrected chi connectivity index (χ3v) is 7.18. The number of aryl methyl sites for hydroxylation is 4. The van der Waals surface area contributed by atoms with E-state index in [0.29, 0.717) is 29.1 Å². The van der Waals surface area contributed by atoms with E-state index in [9.17, 15) is 9.59 Å². The number of nitrogens with zero attached hydrogens (tertiary/aromatic N) is 6. The van der Waals surface area contributed by atoms with Crippen molar-refractivity contribution in [3.8, 4) is 0 Å². The summed E-state index contributed by atoms with van der Waals surface area (Å²) in [5.74, 6) is 1.35. The van der Waals surface area contributed by atoms with Crippen molar-refractivity contribution in [3.63, 3.8) is 0 Å². The molecule has 8 nitrogen and oxygen atoms in total. The number of amides is 1. The number of piperazine rings is 1. The Morgan fingerprint density at radius 1 is 1.09 bits per heavy atom. The standard InChI is InChI=1S/C23H26N6O2S/c1-15-4-5-17(16(2)14-15)27-9-11-28(12-10-27)20(30)7-6-19-24-25-23-26(3)22(31)21-18(29(19)23)8-13-32-21/h4-5,8,13-14H,6-7,9-12H2,1-3H3. The lowest BCUT2D eigenvalue weighted by atomic mass is 10.1. The minimum atomic E-state index is -0.0702. The zero-order chi connectivity index (χ0) is 22.4. The Kier molecular flexibility index (Phi) is 5.21. The number of thiophene rings is 1. The first-order chi connectivity index (χ1) is 15.4. The molecule has 0 aliphatic carbocycles. The van der Waals surface area contributed by atoms with Crippen molar-refractivity contribution in [2.75, 3.05) is 31.1 Å². The molecule has 9 heteroatoms. The molecule has 1 fully saturated rings. The first-order valence-corrected chi connectivity index (χ1v) is 11.7. The number of rotatable bonds is 4. The van der Waals surface area contributed by atoms with Crippen molar-refractivity contribution in [1.29, 1.82) is 0 Å². The van der Waals surface area contributed by atoms with Crippen LogP contribution in [0.5, 0.6) is 0 Å². The number of anilines is 1. The summed E-state index contributed by atoms with van der Waals surface area (Å²) in [4.78, 5) is 29.7. The lowest BCUT2D eigenvalue weighted by Gasteiger charge is -2.37. The van der Waals surface area contributed by atoms with Gasteiger partial charge in [-0.2, -0.15) is 0 Å². The van der Waals surface area contributed by atoms with Crippen LogP contribution in [0, 0.1) is 13.8 Å². The van der Waals surface area contributed by atoms with Gasteiger partial charge in [0.25, 0.3) is 5.56 Å². The molecule has 0 N–H and O–H groups in total. The number of hydrogen-bond donors (Lipinski definition) is 0. The van der Waals surface area contributed by atoms with Crippen LogP contribution < -0.4 is 10.5 Å². The fourth-order valence-corrected chi connectivity index (χ4v) is 5.40. The monoisotopic (exact) mass is 450 g/mol. The van der Waals surface area contributed by atoms with Gasteiger partial charge in [-0.25, -0.2) is 0 Å². The Labute approximate surface area is 189 Å². The summed E-state index contributed by atoms with van der Waals surface area (Å²) in [6.45, 7) is 7.35. The van der Waals surface area contributed by atoms with Crippen LogP contribution in [0.1, 0.15) is 23.4 Å². The van der Waals surface area contributed by atoms with Gasteiger partial charge in [-0.05, 0) is 36.9 Å². The second-order valence-corrected chi connectivity index (χ2v) is 9.32. The molecule has 4 aromatic rings. The zero-order valence-corrected chi connectivity index (χ0v) is 19.4. The van der Waals surface area contributed by atoms with Crippen LogP contribution in [0.2, 0.25) is 0 Å². The van der Waals surface area contributed by atoms with Gasteiger partial charge in [0.2, 0.25) is 11.7 Å². The Morgan fingerprint density at radius 3 is 2.62 bits per heavy atom. The maximum atomic E-state index is 12.9. The highest BCUT2D eigenvalue weighted by Gasteiger charge is 2.23. The summed E-state index contributed by atoms with van der Waals surface area (Å²) in [5.41, 5.74) is 4.53. The summed E-state index contributed by atoms with van der Waals surface area (Å²) in [6, 6.07) is 8.44. The molecular formula is C23H26N6O2S. The Morgan fingerprint density at radius 2 is 1.88 bits per heavy atom. The number of benzene rings is 1. The van der Waals surface area contributed by atoms with Gasteiger partial charge in [0.15, 0.2) is 0 Å². The molecule has 4 heterocycles. The summed E-state index contributed by atoms with van der Waals surface area (Å²) in [7, 11) is 1.70. The average molecular weight is 451 g/mol. The molecule has 0 saturated carbocycles. The van der Waals surface area contributed by atoms with E-state index in [-0.39, 0.29) is 11.5 Å². The molecule has 32 heavy (non-hydrogen) atoms. The van der Waals surface area contributed by atoms with E-state index < -0.39 is 0 Å². The highest BCUT2D eigenvalue weighted by atomic mass is 32.1. The average Bonchev–Trinajstić information content (AvgIpc) is 3.43. The van der Waals surface area contributed by atoms with Gasteiger partial charge in [-0.1, -0.05) is 17.7 Å². The fraction of sp³-hybridized carbons (Fsp3) is 0.391. The molecule has 0 bridgehead atoms. The van der Waals surface area contributed by atoms with Gasteiger partial charge in [0, 0.05) is 51.8 Å². The molecule has 1 saturated heterocycles. The summed E-state index contributed by atoms with van der Waals surface area (Å²) in [6.07, 6.45) is 0.860. The lowest BCUT2D eigenvalue weighted by molar-refractivity contribution is -0.131. The number of hydrogen-bond acceptors (Lipinski definition) is 6. The van der Waals surface area contributed by atoms with E-state index in [4.69, 9.17) is 0 Å². The number of fused-ring (bicyclic) bond motifs is 3. The SMILES string of the molecule is Cc1ccc(N2CCN(C(=O)CCc3nnc4n(C)c(=O)c5sccc5n34)CC2)c(C)c1. The smallest absolute Gasteiger partial charge is 0.272 e. The molecule has 0 unspecified atom stereocenters. The predicted molar refractivity (Wildman–Crippen MR) is 127 cm³/mol. The summed E-state index contributed by atoms with van der Waals surface area (Å²) < 4.78 is 4.09. The van der Waals surface area contributed by atoms with Crippen molar-refractivity contribution in [2.24, 2.45) is 7.05 Å². The van der Waals surface area contributed by atoms with Crippen LogP contribution >= 0.6 is 11.3 Å². The van der Waals surface area contributed by atoms with E-state index in [0.717, 1.165) is 31.7 Å². The van der Waals surface area contributed by atoms with E-state index in [1.165, 1.54) is 32.7 Å². The van der Waals surface area contributed by atoms with Crippen molar-refractivity contribution in [1.82, 2.24) is 24.1 Å². The van der Waals surface area contributed by atoms with Crippen LogP contribution in [0.25, 0.3) is 16.0 Å². The molecule has 1 aliphatic heterocycles. The molecule has 1 amide bonds. The van der Waals surface area contributed by atoms with Crippen molar-refractivity contribution in [2.45, 2.75) is 26.7 Å². The van der Waals surface area contributed by atoms with Gasteiger partial charge in [-0.3, -0.25) is 18.6 Å². The van der Waals surface area contributed by atoms with E-state index in [1.807, 2.05) is 20.7 Å². The Bertz CT molecular complexity index is 1380. The Hall–Kier alpha value is -3.20. The van der Waals surface area contributed by atoms with Crippen molar-refractivity contribution >= 4 is 38.9 Å². The third-order valence-electron chi connectivity index (χ3n) is 6.29. The molecular weight excluding hydrogens is 424 g/mol. The maximum absolute atomic E-state index is 12.9. The molecule has 0 atom stereocenters. The quantitative estimate of drug-likeness (QED) is 0.478. The minimum Gasteiger partial charge on any atom is -0.368 e. The normalized spacial score (nSPS) is 14.6.